The number of amidine groups is 2. The second-order valence-corrected chi connectivity index (χ2v) is 6.07. The molecule has 0 amide bonds. The summed E-state index contributed by atoms with van der Waals surface area (Å²) in [6.45, 7) is 3.67. The predicted molar refractivity (Wildman–Crippen MR) is 113 cm³/mol. The first-order valence-corrected chi connectivity index (χ1v) is 9.00. The van der Waals surface area contributed by atoms with Crippen LogP contribution >= 0.6 is 11.6 Å². The highest BCUT2D eigenvalue weighted by Gasteiger charge is 2.14. The van der Waals surface area contributed by atoms with Crippen molar-refractivity contribution in [3.05, 3.63) is 84.5 Å². The molecular weight excluding hydrogens is 342 g/mol. The largest absolute Gasteiger partial charge is 0.250 e. The van der Waals surface area contributed by atoms with Crippen molar-refractivity contribution in [1.29, 1.82) is 0 Å². The molecule has 130 valence electrons. The van der Waals surface area contributed by atoms with E-state index in [-0.39, 0.29) is 11.9 Å². The summed E-state index contributed by atoms with van der Waals surface area (Å²) in [5.41, 5.74) is 3.22. The summed E-state index contributed by atoms with van der Waals surface area (Å²) in [6.07, 6.45) is 9.05. The number of alkyl halides is 1. The van der Waals surface area contributed by atoms with Crippen LogP contribution in [0.4, 0.5) is 0 Å². The minimum absolute atomic E-state index is 0.113. The lowest BCUT2D eigenvalue weighted by Gasteiger charge is -2.13. The summed E-state index contributed by atoms with van der Waals surface area (Å²) in [4.78, 5) is 13.1. The monoisotopic (exact) mass is 361 g/mol. The lowest BCUT2D eigenvalue weighted by atomic mass is 9.99. The fourth-order valence-corrected chi connectivity index (χ4v) is 2.92. The maximum atomic E-state index is 5.86. The van der Waals surface area contributed by atoms with Crippen LogP contribution in [0, 0.1) is 5.92 Å². The standard InChI is InChI=1S/C22H20ClN3/c1-24-21(19-10-6-3-7-11-19)26-22(25-16-23)20-14-12-18(13-15-20)17-8-4-2-5-9-17/h2-10,12-15,19H,1,11,16H2. The normalized spacial score (nSPS) is 17.3. The number of benzene rings is 2. The molecule has 1 aliphatic carbocycles. The zero-order chi connectivity index (χ0) is 18.2. The van der Waals surface area contributed by atoms with Crippen LogP contribution in [-0.4, -0.2) is 24.4 Å². The Morgan fingerprint density at radius 1 is 1.00 bits per heavy atom. The molecule has 0 bridgehead atoms. The van der Waals surface area contributed by atoms with Crippen LogP contribution in [0.2, 0.25) is 0 Å². The molecule has 0 spiro atoms. The van der Waals surface area contributed by atoms with Gasteiger partial charge in [-0.3, -0.25) is 0 Å². The third kappa shape index (κ3) is 4.44. The van der Waals surface area contributed by atoms with Crippen molar-refractivity contribution in [3.63, 3.8) is 0 Å². The molecule has 0 N–H and O–H groups in total. The van der Waals surface area contributed by atoms with Crippen LogP contribution in [0.1, 0.15) is 12.0 Å². The molecule has 2 aromatic carbocycles. The molecule has 1 unspecified atom stereocenters. The molecule has 0 saturated carbocycles. The molecule has 0 radical (unpaired) electrons. The summed E-state index contributed by atoms with van der Waals surface area (Å²) in [6, 6.07) is 18.5. The van der Waals surface area contributed by atoms with Crippen molar-refractivity contribution in [1.82, 2.24) is 0 Å². The van der Waals surface area contributed by atoms with E-state index in [1.54, 1.807) is 0 Å². The van der Waals surface area contributed by atoms with Gasteiger partial charge in [0.1, 0.15) is 11.8 Å². The second-order valence-electron chi connectivity index (χ2n) is 5.83. The minimum atomic E-state index is 0.113. The summed E-state index contributed by atoms with van der Waals surface area (Å²) < 4.78 is 0. The number of hydrogen-bond acceptors (Lipinski definition) is 1. The maximum Gasteiger partial charge on any atom is 0.157 e. The molecule has 1 atom stereocenters. The van der Waals surface area contributed by atoms with Crippen LogP contribution in [0.15, 0.2) is 93.9 Å². The molecule has 0 saturated heterocycles. The van der Waals surface area contributed by atoms with Gasteiger partial charge in [-0.2, -0.15) is 0 Å². The second kappa shape index (κ2) is 9.07. The van der Waals surface area contributed by atoms with Crippen molar-refractivity contribution in [2.75, 3.05) is 6.00 Å². The Balaban J connectivity index is 1.89. The van der Waals surface area contributed by atoms with E-state index in [4.69, 9.17) is 11.6 Å². The molecule has 3 nitrogen and oxygen atoms in total. The van der Waals surface area contributed by atoms with Crippen molar-refractivity contribution in [2.45, 2.75) is 6.42 Å². The zero-order valence-corrected chi connectivity index (χ0v) is 15.2. The number of allylic oxidation sites excluding steroid dienone is 3. The number of rotatable bonds is 4. The zero-order valence-electron chi connectivity index (χ0n) is 14.4. The Labute approximate surface area is 159 Å². The molecule has 26 heavy (non-hydrogen) atoms. The Morgan fingerprint density at radius 3 is 2.35 bits per heavy atom. The van der Waals surface area contributed by atoms with E-state index >= 15 is 0 Å². The molecule has 0 heterocycles. The Bertz CT molecular complexity index is 862. The predicted octanol–water partition coefficient (Wildman–Crippen LogP) is 5.53. The SMILES string of the molecule is C=NC(=NC(=NCCl)c1ccc(-c2ccccc2)cc1)C1C=CC=CC1. The van der Waals surface area contributed by atoms with Gasteiger partial charge < -0.3 is 0 Å². The summed E-state index contributed by atoms with van der Waals surface area (Å²) >= 11 is 5.86. The van der Waals surface area contributed by atoms with Gasteiger partial charge in [-0.25, -0.2) is 15.0 Å². The lowest BCUT2D eigenvalue weighted by Crippen LogP contribution is -2.13. The summed E-state index contributed by atoms with van der Waals surface area (Å²) in [5, 5.41) is 0. The molecule has 0 fully saturated rings. The third-order valence-electron chi connectivity index (χ3n) is 4.15. The first kappa shape index (κ1) is 18.0. The first-order valence-electron chi connectivity index (χ1n) is 8.46. The van der Waals surface area contributed by atoms with Crippen LogP contribution in [-0.2, 0) is 0 Å². The number of halogens is 1. The summed E-state index contributed by atoms with van der Waals surface area (Å²) in [7, 11) is 0. The van der Waals surface area contributed by atoms with E-state index in [2.05, 4.69) is 58.1 Å². The Kier molecular flexibility index (Phi) is 6.29. The molecule has 4 heteroatoms. The Hall–Kier alpha value is -2.78. The van der Waals surface area contributed by atoms with Crippen LogP contribution in [0.3, 0.4) is 0 Å². The average Bonchev–Trinajstić information content (AvgIpc) is 2.72. The Morgan fingerprint density at radius 2 is 1.73 bits per heavy atom. The van der Waals surface area contributed by atoms with Crippen LogP contribution < -0.4 is 0 Å². The smallest absolute Gasteiger partial charge is 0.157 e. The van der Waals surface area contributed by atoms with E-state index in [1.165, 1.54) is 5.56 Å². The number of hydrogen-bond donors (Lipinski definition) is 0. The van der Waals surface area contributed by atoms with Gasteiger partial charge in [-0.05, 0) is 24.3 Å². The van der Waals surface area contributed by atoms with Gasteiger partial charge >= 0.3 is 0 Å². The average molecular weight is 362 g/mol. The van der Waals surface area contributed by atoms with Crippen molar-refractivity contribution < 1.29 is 0 Å². The van der Waals surface area contributed by atoms with Gasteiger partial charge in [-0.1, -0.05) is 78.9 Å². The highest BCUT2D eigenvalue weighted by molar-refractivity contribution is 6.19. The summed E-state index contributed by atoms with van der Waals surface area (Å²) in [5.74, 6) is 1.34. The molecule has 3 rings (SSSR count). The van der Waals surface area contributed by atoms with E-state index in [1.807, 2.05) is 42.5 Å². The highest BCUT2D eigenvalue weighted by Crippen LogP contribution is 2.21. The van der Waals surface area contributed by atoms with E-state index in [0.717, 1.165) is 17.5 Å². The van der Waals surface area contributed by atoms with Gasteiger partial charge in [0.15, 0.2) is 5.84 Å². The van der Waals surface area contributed by atoms with Crippen LogP contribution in [0.5, 0.6) is 0 Å². The molecule has 1 aliphatic rings. The highest BCUT2D eigenvalue weighted by atomic mass is 35.5. The van der Waals surface area contributed by atoms with Crippen molar-refractivity contribution >= 4 is 30.0 Å². The van der Waals surface area contributed by atoms with E-state index < -0.39 is 0 Å². The number of aliphatic imine (C=N–C) groups is 3. The quantitative estimate of drug-likeness (QED) is 0.297. The van der Waals surface area contributed by atoms with Gasteiger partial charge in [0, 0.05) is 11.5 Å². The van der Waals surface area contributed by atoms with E-state index in [0.29, 0.717) is 11.7 Å². The molecular formula is C22H20ClN3. The fraction of sp³-hybridized carbons (Fsp3) is 0.136. The topological polar surface area (TPSA) is 37.1 Å². The molecule has 0 aliphatic heterocycles. The van der Waals surface area contributed by atoms with Gasteiger partial charge in [-0.15, -0.1) is 11.6 Å². The van der Waals surface area contributed by atoms with Gasteiger partial charge in [0.25, 0.3) is 0 Å². The van der Waals surface area contributed by atoms with Crippen molar-refractivity contribution in [2.24, 2.45) is 20.9 Å². The lowest BCUT2D eigenvalue weighted by molar-refractivity contribution is 0.861. The number of nitrogens with zero attached hydrogens (tertiary/aromatic N) is 3. The minimum Gasteiger partial charge on any atom is -0.250 e. The van der Waals surface area contributed by atoms with E-state index in [9.17, 15) is 0 Å². The van der Waals surface area contributed by atoms with Crippen LogP contribution in [0.25, 0.3) is 11.1 Å². The fourth-order valence-electron chi connectivity index (χ4n) is 2.81. The first-order chi connectivity index (χ1) is 12.8. The molecule has 2 aromatic rings. The van der Waals surface area contributed by atoms with Crippen molar-refractivity contribution in [3.8, 4) is 11.1 Å². The molecule has 0 aromatic heterocycles. The van der Waals surface area contributed by atoms with Gasteiger partial charge in [0.2, 0.25) is 0 Å². The van der Waals surface area contributed by atoms with Gasteiger partial charge in [0.05, 0.1) is 0 Å². The maximum absolute atomic E-state index is 5.86. The third-order valence-corrected chi connectivity index (χ3v) is 4.27.